The minimum atomic E-state index is -4.36. The Morgan fingerprint density at radius 2 is 1.78 bits per heavy atom. The van der Waals surface area contributed by atoms with Gasteiger partial charge in [-0.15, -0.1) is 0 Å². The summed E-state index contributed by atoms with van der Waals surface area (Å²) in [4.78, 5) is 31.0. The number of rotatable bonds is 8. The van der Waals surface area contributed by atoms with Gasteiger partial charge in [-0.1, -0.05) is 12.5 Å². The van der Waals surface area contributed by atoms with E-state index in [9.17, 15) is 35.9 Å². The van der Waals surface area contributed by atoms with Crippen molar-refractivity contribution in [2.24, 2.45) is 11.8 Å². The highest BCUT2D eigenvalue weighted by atomic mass is 19.4. The van der Waals surface area contributed by atoms with E-state index in [4.69, 9.17) is 0 Å². The fraction of sp³-hybridized carbons (Fsp3) is 0.640. The summed E-state index contributed by atoms with van der Waals surface area (Å²) < 4.78 is 73.6. The van der Waals surface area contributed by atoms with E-state index in [1.165, 1.54) is 0 Å². The van der Waals surface area contributed by atoms with Crippen LogP contribution in [0.4, 0.5) is 26.3 Å². The smallest absolute Gasteiger partial charge is 0.352 e. The summed E-state index contributed by atoms with van der Waals surface area (Å²) in [5.41, 5.74) is 2.05. The molecular formula is C25H32F6N4O2. The largest absolute Gasteiger partial charge is 0.389 e. The molecule has 2 unspecified atom stereocenters. The Hall–Kier alpha value is -2.79. The van der Waals surface area contributed by atoms with Gasteiger partial charge in [0.1, 0.15) is 5.82 Å². The molecule has 2 saturated carbocycles. The van der Waals surface area contributed by atoms with Crippen molar-refractivity contribution in [1.82, 2.24) is 20.6 Å². The average Bonchev–Trinajstić information content (AvgIpc) is 3.22. The number of H-pyrrole nitrogens is 1. The number of benzene rings is 1. The van der Waals surface area contributed by atoms with Crippen LogP contribution in [0.2, 0.25) is 0 Å². The Kier molecular flexibility index (Phi) is 9.83. The predicted molar refractivity (Wildman–Crippen MR) is 125 cm³/mol. The summed E-state index contributed by atoms with van der Waals surface area (Å²) >= 11 is 0. The first-order chi connectivity index (χ1) is 17.5. The number of nitrogens with one attached hydrogen (secondary N) is 3. The first-order valence-corrected chi connectivity index (χ1v) is 12.5. The Bertz CT molecular complexity index is 1050. The van der Waals surface area contributed by atoms with Gasteiger partial charge < -0.3 is 15.6 Å². The van der Waals surface area contributed by atoms with Gasteiger partial charge in [0, 0.05) is 31.7 Å². The fourth-order valence-electron chi connectivity index (χ4n) is 4.32. The molecule has 2 atom stereocenters. The lowest BCUT2D eigenvalue weighted by Crippen LogP contribution is -2.41. The molecule has 1 heterocycles. The molecule has 0 radical (unpaired) electrons. The summed E-state index contributed by atoms with van der Waals surface area (Å²) in [6.07, 6.45) is -2.03. The molecule has 37 heavy (non-hydrogen) atoms. The number of fused-ring (bicyclic) bond motifs is 1. The van der Waals surface area contributed by atoms with Gasteiger partial charge in [-0.3, -0.25) is 14.0 Å². The van der Waals surface area contributed by atoms with Crippen molar-refractivity contribution in [2.45, 2.75) is 83.0 Å². The van der Waals surface area contributed by atoms with Gasteiger partial charge in [-0.2, -0.15) is 13.2 Å². The van der Waals surface area contributed by atoms with E-state index in [2.05, 4.69) is 20.6 Å². The van der Waals surface area contributed by atoms with E-state index >= 15 is 0 Å². The Morgan fingerprint density at radius 1 is 1.05 bits per heavy atom. The van der Waals surface area contributed by atoms with Crippen LogP contribution in [0.5, 0.6) is 0 Å². The number of imidazole rings is 1. The molecule has 4 rings (SSSR count). The molecular weight excluding hydrogens is 502 g/mol. The van der Waals surface area contributed by atoms with E-state index < -0.39 is 37.5 Å². The van der Waals surface area contributed by atoms with E-state index in [0.29, 0.717) is 41.7 Å². The lowest BCUT2D eigenvalue weighted by Gasteiger charge is -2.33. The molecule has 2 amide bonds. The maximum Gasteiger partial charge on any atom is 0.389 e. The SMILES string of the molecule is FC1(F)CCCCC1.O=C(CCC(F)(F)F)NCc1ccc2nc(CNC(=O)C3CCC3CF)[nH]c2c1. The van der Waals surface area contributed by atoms with Crippen molar-refractivity contribution in [3.63, 3.8) is 0 Å². The highest BCUT2D eigenvalue weighted by molar-refractivity contribution is 5.80. The van der Waals surface area contributed by atoms with Crippen LogP contribution in [0, 0.1) is 11.8 Å². The van der Waals surface area contributed by atoms with Crippen molar-refractivity contribution in [3.05, 3.63) is 29.6 Å². The topological polar surface area (TPSA) is 86.9 Å². The lowest BCUT2D eigenvalue weighted by atomic mass is 9.74. The molecule has 0 aliphatic heterocycles. The number of aromatic nitrogens is 2. The molecule has 1 aromatic carbocycles. The summed E-state index contributed by atoms with van der Waals surface area (Å²) in [6, 6.07) is 5.18. The molecule has 1 aromatic heterocycles. The number of halogens is 6. The zero-order valence-corrected chi connectivity index (χ0v) is 20.4. The average molecular weight is 535 g/mol. The molecule has 2 aliphatic rings. The Morgan fingerprint density at radius 3 is 2.35 bits per heavy atom. The zero-order chi connectivity index (χ0) is 27.1. The first kappa shape index (κ1) is 28.8. The Balaban J connectivity index is 0.000000405. The van der Waals surface area contributed by atoms with Crippen molar-refractivity contribution >= 4 is 22.8 Å². The van der Waals surface area contributed by atoms with Gasteiger partial charge in [0.15, 0.2) is 0 Å². The van der Waals surface area contributed by atoms with Crippen LogP contribution in [-0.4, -0.2) is 40.6 Å². The molecule has 0 spiro atoms. The van der Waals surface area contributed by atoms with Crippen LogP contribution >= 0.6 is 0 Å². The van der Waals surface area contributed by atoms with E-state index in [-0.39, 0.29) is 43.7 Å². The van der Waals surface area contributed by atoms with E-state index in [1.807, 2.05) is 0 Å². The quantitative estimate of drug-likeness (QED) is 0.379. The maximum absolute atomic E-state index is 12.7. The van der Waals surface area contributed by atoms with Gasteiger partial charge in [0.05, 0.1) is 30.7 Å². The van der Waals surface area contributed by atoms with Gasteiger partial charge in [-0.05, 0) is 49.3 Å². The molecule has 0 saturated heterocycles. The number of hydrogen-bond acceptors (Lipinski definition) is 3. The molecule has 2 fully saturated rings. The van der Waals surface area contributed by atoms with Gasteiger partial charge in [-0.25, -0.2) is 13.8 Å². The minimum Gasteiger partial charge on any atom is -0.352 e. The van der Waals surface area contributed by atoms with Crippen LogP contribution in [0.25, 0.3) is 11.0 Å². The normalized spacial score (nSPS) is 20.9. The fourth-order valence-corrected chi connectivity index (χ4v) is 4.32. The summed E-state index contributed by atoms with van der Waals surface area (Å²) in [5, 5.41) is 5.22. The number of aromatic amines is 1. The van der Waals surface area contributed by atoms with Gasteiger partial charge in [0.2, 0.25) is 17.7 Å². The number of nitrogens with zero attached hydrogens (tertiary/aromatic N) is 1. The zero-order valence-electron chi connectivity index (χ0n) is 20.4. The minimum absolute atomic E-state index is 0.101. The van der Waals surface area contributed by atoms with Crippen molar-refractivity contribution in [1.29, 1.82) is 0 Å². The van der Waals surface area contributed by atoms with Crippen LogP contribution in [-0.2, 0) is 22.7 Å². The second-order valence-corrected chi connectivity index (χ2v) is 9.66. The second kappa shape index (κ2) is 12.6. The van der Waals surface area contributed by atoms with Gasteiger partial charge in [0.25, 0.3) is 0 Å². The highest BCUT2D eigenvalue weighted by Crippen LogP contribution is 2.34. The number of carbonyl (C=O) groups excluding carboxylic acids is 2. The van der Waals surface area contributed by atoms with E-state index in [0.717, 1.165) is 12.8 Å². The van der Waals surface area contributed by atoms with Crippen LogP contribution in [0.1, 0.15) is 69.2 Å². The molecule has 3 N–H and O–H groups in total. The first-order valence-electron chi connectivity index (χ1n) is 12.5. The lowest BCUT2D eigenvalue weighted by molar-refractivity contribution is -0.144. The number of hydrogen-bond donors (Lipinski definition) is 3. The molecule has 12 heteroatoms. The Labute approximate surface area is 211 Å². The molecule has 2 aliphatic carbocycles. The monoisotopic (exact) mass is 534 g/mol. The van der Waals surface area contributed by atoms with Crippen LogP contribution in [0.15, 0.2) is 18.2 Å². The predicted octanol–water partition coefficient (Wildman–Crippen LogP) is 5.72. The third-order valence-electron chi connectivity index (χ3n) is 6.69. The van der Waals surface area contributed by atoms with Crippen LogP contribution in [0.3, 0.4) is 0 Å². The van der Waals surface area contributed by atoms with Crippen molar-refractivity contribution in [2.75, 3.05) is 6.67 Å². The third kappa shape index (κ3) is 9.23. The van der Waals surface area contributed by atoms with Crippen molar-refractivity contribution < 1.29 is 35.9 Å². The molecule has 2 aromatic rings. The summed E-state index contributed by atoms with van der Waals surface area (Å²) in [6.45, 7) is -0.200. The molecule has 0 bridgehead atoms. The summed E-state index contributed by atoms with van der Waals surface area (Å²) in [5.74, 6) is -3.11. The second-order valence-electron chi connectivity index (χ2n) is 9.66. The number of carbonyl (C=O) groups is 2. The third-order valence-corrected chi connectivity index (χ3v) is 6.69. The van der Waals surface area contributed by atoms with Crippen molar-refractivity contribution in [3.8, 4) is 0 Å². The molecule has 6 nitrogen and oxygen atoms in total. The standard InChI is InChI=1S/C19H22F4N4O2.C6H10F2/c20-8-12-2-3-13(12)18(29)25-10-16-26-14-4-1-11(7-15(14)27-16)9-24-17(28)5-6-19(21,22)23;7-6(8)4-2-1-3-5-6/h1,4,7,12-13H,2-3,5-6,8-10H2,(H,24,28)(H,25,29)(H,26,27);1-5H2. The summed E-state index contributed by atoms with van der Waals surface area (Å²) in [7, 11) is 0. The molecule has 206 valence electrons. The number of alkyl halides is 6. The maximum atomic E-state index is 12.7. The van der Waals surface area contributed by atoms with Crippen LogP contribution < -0.4 is 10.6 Å². The van der Waals surface area contributed by atoms with E-state index in [1.54, 1.807) is 18.2 Å². The number of amides is 2. The highest BCUT2D eigenvalue weighted by Gasteiger charge is 2.36. The van der Waals surface area contributed by atoms with Gasteiger partial charge >= 0.3 is 6.18 Å².